The van der Waals surface area contributed by atoms with Gasteiger partial charge in [0.1, 0.15) is 5.75 Å². The fourth-order valence-corrected chi connectivity index (χ4v) is 2.99. The summed E-state index contributed by atoms with van der Waals surface area (Å²) in [6, 6.07) is 7.71. The number of aromatic nitrogens is 1. The second-order valence-electron chi connectivity index (χ2n) is 5.56. The average molecular weight is 284 g/mol. The highest BCUT2D eigenvalue weighted by atomic mass is 16.5. The second-order valence-corrected chi connectivity index (χ2v) is 5.56. The predicted molar refractivity (Wildman–Crippen MR) is 81.6 cm³/mol. The van der Waals surface area contributed by atoms with Crippen LogP contribution in [-0.2, 0) is 20.0 Å². The molecule has 3 rings (SSSR count). The fraction of sp³-hybridized carbons (Fsp3) is 0.353. The Labute approximate surface area is 124 Å². The van der Waals surface area contributed by atoms with Crippen molar-refractivity contribution < 1.29 is 9.53 Å². The molecule has 110 valence electrons. The van der Waals surface area contributed by atoms with E-state index in [1.54, 1.807) is 7.11 Å². The van der Waals surface area contributed by atoms with Gasteiger partial charge in [0.25, 0.3) is 5.91 Å². The maximum atomic E-state index is 12.6. The maximum absolute atomic E-state index is 12.6. The summed E-state index contributed by atoms with van der Waals surface area (Å²) in [7, 11) is 3.70. The zero-order chi connectivity index (χ0) is 15.0. The molecule has 0 unspecified atom stereocenters. The first-order valence-corrected chi connectivity index (χ1v) is 7.17. The van der Waals surface area contributed by atoms with Crippen molar-refractivity contribution >= 4 is 5.91 Å². The average Bonchev–Trinajstić information content (AvgIpc) is 2.87. The van der Waals surface area contributed by atoms with Crippen molar-refractivity contribution in [3.8, 4) is 5.75 Å². The molecular formula is C17H20N2O2. The van der Waals surface area contributed by atoms with Crippen molar-refractivity contribution in [3.63, 3.8) is 0 Å². The molecule has 0 aliphatic carbocycles. The van der Waals surface area contributed by atoms with Crippen LogP contribution in [0.4, 0.5) is 0 Å². The van der Waals surface area contributed by atoms with Crippen molar-refractivity contribution in [1.82, 2.24) is 9.47 Å². The second kappa shape index (κ2) is 5.28. The molecule has 0 N–H and O–H groups in total. The zero-order valence-corrected chi connectivity index (χ0v) is 12.7. The Morgan fingerprint density at radius 1 is 1.29 bits per heavy atom. The summed E-state index contributed by atoms with van der Waals surface area (Å²) in [5.74, 6) is 0.908. The molecule has 1 amide bonds. The first-order valence-electron chi connectivity index (χ1n) is 7.17. The van der Waals surface area contributed by atoms with Crippen molar-refractivity contribution in [2.24, 2.45) is 7.05 Å². The third kappa shape index (κ3) is 2.42. The minimum Gasteiger partial charge on any atom is -0.496 e. The van der Waals surface area contributed by atoms with E-state index in [2.05, 4.69) is 23.9 Å². The minimum atomic E-state index is 0.0928. The van der Waals surface area contributed by atoms with Crippen LogP contribution in [0.25, 0.3) is 0 Å². The summed E-state index contributed by atoms with van der Waals surface area (Å²) in [6.45, 7) is 3.43. The Morgan fingerprint density at radius 2 is 2.10 bits per heavy atom. The van der Waals surface area contributed by atoms with Crippen molar-refractivity contribution in [3.05, 3.63) is 52.8 Å². The SMILES string of the molecule is COc1ccc(C(=O)N2CCc3c(ccn3C)C2)cc1C. The van der Waals surface area contributed by atoms with Gasteiger partial charge < -0.3 is 14.2 Å². The van der Waals surface area contributed by atoms with Gasteiger partial charge in [-0.1, -0.05) is 0 Å². The molecule has 21 heavy (non-hydrogen) atoms. The molecule has 0 spiro atoms. The molecule has 1 aromatic carbocycles. The number of benzene rings is 1. The number of ether oxygens (including phenoxy) is 1. The van der Waals surface area contributed by atoms with Crippen LogP contribution in [0.3, 0.4) is 0 Å². The van der Waals surface area contributed by atoms with Gasteiger partial charge >= 0.3 is 0 Å². The van der Waals surface area contributed by atoms with Crippen LogP contribution in [0.1, 0.15) is 27.2 Å². The topological polar surface area (TPSA) is 34.5 Å². The predicted octanol–water partition coefficient (Wildman–Crippen LogP) is 2.54. The van der Waals surface area contributed by atoms with Gasteiger partial charge in [-0.15, -0.1) is 0 Å². The number of amides is 1. The number of methoxy groups -OCH3 is 1. The molecule has 4 nitrogen and oxygen atoms in total. The fourth-order valence-electron chi connectivity index (χ4n) is 2.99. The largest absolute Gasteiger partial charge is 0.496 e. The Balaban J connectivity index is 1.82. The molecule has 1 aliphatic rings. The monoisotopic (exact) mass is 284 g/mol. The molecule has 0 saturated heterocycles. The van der Waals surface area contributed by atoms with Gasteiger partial charge in [-0.25, -0.2) is 0 Å². The summed E-state index contributed by atoms with van der Waals surface area (Å²) < 4.78 is 7.39. The van der Waals surface area contributed by atoms with Gasteiger partial charge in [0, 0.05) is 44.0 Å². The van der Waals surface area contributed by atoms with E-state index in [1.807, 2.05) is 30.0 Å². The zero-order valence-electron chi connectivity index (χ0n) is 12.7. The highest BCUT2D eigenvalue weighted by Gasteiger charge is 2.23. The molecule has 0 bridgehead atoms. The first kappa shape index (κ1) is 13.7. The van der Waals surface area contributed by atoms with Crippen LogP contribution in [0.2, 0.25) is 0 Å². The van der Waals surface area contributed by atoms with E-state index < -0.39 is 0 Å². The van der Waals surface area contributed by atoms with E-state index in [1.165, 1.54) is 11.3 Å². The molecule has 0 radical (unpaired) electrons. The van der Waals surface area contributed by atoms with Crippen LogP contribution < -0.4 is 4.74 Å². The lowest BCUT2D eigenvalue weighted by atomic mass is 10.1. The molecule has 0 fully saturated rings. The first-order chi connectivity index (χ1) is 10.1. The van der Waals surface area contributed by atoms with Crippen molar-refractivity contribution in [1.29, 1.82) is 0 Å². The Bertz CT molecular complexity index is 688. The van der Waals surface area contributed by atoms with Crippen LogP contribution in [0.5, 0.6) is 5.75 Å². The molecule has 2 aromatic rings. The number of nitrogens with zero attached hydrogens (tertiary/aromatic N) is 2. The Kier molecular flexibility index (Phi) is 3.45. The number of aryl methyl sites for hydroxylation is 2. The van der Waals surface area contributed by atoms with Gasteiger partial charge in [-0.3, -0.25) is 4.79 Å². The van der Waals surface area contributed by atoms with Crippen LogP contribution in [0, 0.1) is 6.92 Å². The Hall–Kier alpha value is -2.23. The van der Waals surface area contributed by atoms with E-state index in [4.69, 9.17) is 4.74 Å². The van der Waals surface area contributed by atoms with Gasteiger partial charge in [-0.05, 0) is 42.3 Å². The normalized spacial score (nSPS) is 14.0. The molecule has 0 atom stereocenters. The van der Waals surface area contributed by atoms with Crippen LogP contribution in [0.15, 0.2) is 30.5 Å². The summed E-state index contributed by atoms with van der Waals surface area (Å²) in [4.78, 5) is 14.6. The third-order valence-corrected chi connectivity index (χ3v) is 4.20. The number of hydrogen-bond acceptors (Lipinski definition) is 2. The van der Waals surface area contributed by atoms with Crippen molar-refractivity contribution in [2.45, 2.75) is 19.9 Å². The molecular weight excluding hydrogens is 264 g/mol. The third-order valence-electron chi connectivity index (χ3n) is 4.20. The van der Waals surface area contributed by atoms with E-state index in [9.17, 15) is 4.79 Å². The van der Waals surface area contributed by atoms with Gasteiger partial charge in [0.15, 0.2) is 0 Å². The molecule has 1 aromatic heterocycles. The summed E-state index contributed by atoms with van der Waals surface area (Å²) in [5, 5.41) is 0. The quantitative estimate of drug-likeness (QED) is 0.849. The molecule has 1 aliphatic heterocycles. The number of fused-ring (bicyclic) bond motifs is 1. The highest BCUT2D eigenvalue weighted by molar-refractivity contribution is 5.94. The standard InChI is InChI=1S/C17H20N2O2/c1-12-10-13(4-5-16(12)21-3)17(20)19-9-7-15-14(11-19)6-8-18(15)2/h4-6,8,10H,7,9,11H2,1-3H3. The number of carbonyl (C=O) groups excluding carboxylic acids is 1. The smallest absolute Gasteiger partial charge is 0.254 e. The van der Waals surface area contributed by atoms with Crippen LogP contribution in [-0.4, -0.2) is 29.0 Å². The van der Waals surface area contributed by atoms with E-state index in [0.717, 1.165) is 29.8 Å². The summed E-state index contributed by atoms with van der Waals surface area (Å²) in [5.41, 5.74) is 4.31. The van der Waals surface area contributed by atoms with E-state index in [0.29, 0.717) is 6.54 Å². The number of rotatable bonds is 2. The molecule has 4 heteroatoms. The highest BCUT2D eigenvalue weighted by Crippen LogP contribution is 2.23. The van der Waals surface area contributed by atoms with Gasteiger partial charge in [0.2, 0.25) is 0 Å². The minimum absolute atomic E-state index is 0.0928. The van der Waals surface area contributed by atoms with E-state index in [-0.39, 0.29) is 5.91 Å². The molecule has 0 saturated carbocycles. The lowest BCUT2D eigenvalue weighted by Gasteiger charge is -2.28. The van der Waals surface area contributed by atoms with Gasteiger partial charge in [0.05, 0.1) is 7.11 Å². The Morgan fingerprint density at radius 3 is 2.81 bits per heavy atom. The number of carbonyl (C=O) groups is 1. The van der Waals surface area contributed by atoms with Crippen molar-refractivity contribution in [2.75, 3.05) is 13.7 Å². The van der Waals surface area contributed by atoms with E-state index >= 15 is 0 Å². The number of hydrogen-bond donors (Lipinski definition) is 0. The summed E-state index contributed by atoms with van der Waals surface area (Å²) >= 11 is 0. The molecule has 2 heterocycles. The van der Waals surface area contributed by atoms with Crippen LogP contribution >= 0.6 is 0 Å². The van der Waals surface area contributed by atoms with Gasteiger partial charge in [-0.2, -0.15) is 0 Å². The summed E-state index contributed by atoms with van der Waals surface area (Å²) in [6.07, 6.45) is 2.98. The lowest BCUT2D eigenvalue weighted by molar-refractivity contribution is 0.0733. The maximum Gasteiger partial charge on any atom is 0.254 e. The lowest BCUT2D eigenvalue weighted by Crippen LogP contribution is -2.36.